The molecule has 168 valence electrons. The molecule has 1 heterocycles. The van der Waals surface area contributed by atoms with Crippen LogP contribution in [-0.4, -0.2) is 31.0 Å². The standard InChI is InChI=1S/C27H25NO5/c1-16-10-11-17(2)21(14-16)28-24(18-8-6-5-7-9-18)23(26(30)27(28)31)25(29)20-13-12-19(32-3)15-22(20)33-4/h5-15,24,29H,1-4H3/b25-23-. The largest absolute Gasteiger partial charge is 0.507 e. The summed E-state index contributed by atoms with van der Waals surface area (Å²) in [4.78, 5) is 28.1. The van der Waals surface area contributed by atoms with E-state index in [1.54, 1.807) is 18.2 Å². The average Bonchev–Trinajstić information content (AvgIpc) is 3.10. The predicted octanol–water partition coefficient (Wildman–Crippen LogP) is 4.95. The molecule has 6 nitrogen and oxygen atoms in total. The molecule has 1 saturated heterocycles. The minimum Gasteiger partial charge on any atom is -0.507 e. The lowest BCUT2D eigenvalue weighted by molar-refractivity contribution is -0.132. The van der Waals surface area contributed by atoms with Crippen LogP contribution in [0.4, 0.5) is 5.69 Å². The lowest BCUT2D eigenvalue weighted by Gasteiger charge is -2.27. The molecule has 1 amide bonds. The van der Waals surface area contributed by atoms with Gasteiger partial charge < -0.3 is 14.6 Å². The highest BCUT2D eigenvalue weighted by atomic mass is 16.5. The van der Waals surface area contributed by atoms with Crippen LogP contribution in [0.2, 0.25) is 0 Å². The summed E-state index contributed by atoms with van der Waals surface area (Å²) in [6, 6.07) is 19.1. The van der Waals surface area contributed by atoms with Gasteiger partial charge in [-0.25, -0.2) is 0 Å². The molecular formula is C27H25NO5. The lowest BCUT2D eigenvalue weighted by Crippen LogP contribution is -2.30. The number of benzene rings is 3. The van der Waals surface area contributed by atoms with E-state index >= 15 is 0 Å². The molecule has 1 N–H and O–H groups in total. The molecule has 0 saturated carbocycles. The van der Waals surface area contributed by atoms with Crippen LogP contribution in [0.3, 0.4) is 0 Å². The van der Waals surface area contributed by atoms with Crippen molar-refractivity contribution in [1.29, 1.82) is 0 Å². The number of anilines is 1. The normalized spacial score (nSPS) is 17.3. The van der Waals surface area contributed by atoms with E-state index in [4.69, 9.17) is 9.47 Å². The van der Waals surface area contributed by atoms with Crippen molar-refractivity contribution >= 4 is 23.1 Å². The summed E-state index contributed by atoms with van der Waals surface area (Å²) in [6.45, 7) is 3.82. The van der Waals surface area contributed by atoms with E-state index in [9.17, 15) is 14.7 Å². The van der Waals surface area contributed by atoms with Gasteiger partial charge in [-0.3, -0.25) is 14.5 Å². The van der Waals surface area contributed by atoms with E-state index in [2.05, 4.69) is 0 Å². The Balaban J connectivity index is 1.98. The van der Waals surface area contributed by atoms with Crippen molar-refractivity contribution in [3.63, 3.8) is 0 Å². The Morgan fingerprint density at radius 2 is 1.64 bits per heavy atom. The van der Waals surface area contributed by atoms with Gasteiger partial charge in [-0.05, 0) is 48.7 Å². The van der Waals surface area contributed by atoms with Crippen LogP contribution in [0, 0.1) is 13.8 Å². The maximum Gasteiger partial charge on any atom is 0.300 e. The van der Waals surface area contributed by atoms with Gasteiger partial charge in [-0.15, -0.1) is 0 Å². The highest BCUT2D eigenvalue weighted by Gasteiger charge is 2.47. The van der Waals surface area contributed by atoms with E-state index < -0.39 is 17.7 Å². The predicted molar refractivity (Wildman–Crippen MR) is 127 cm³/mol. The lowest BCUT2D eigenvalue weighted by atomic mass is 9.94. The fourth-order valence-electron chi connectivity index (χ4n) is 4.15. The second-order valence-electron chi connectivity index (χ2n) is 7.94. The molecule has 0 bridgehead atoms. The van der Waals surface area contributed by atoms with E-state index in [1.165, 1.54) is 19.1 Å². The van der Waals surface area contributed by atoms with E-state index in [1.807, 2.05) is 62.4 Å². The molecule has 1 aliphatic rings. The van der Waals surface area contributed by atoms with Gasteiger partial charge in [0.2, 0.25) is 0 Å². The third kappa shape index (κ3) is 3.84. The van der Waals surface area contributed by atoms with Gasteiger partial charge >= 0.3 is 0 Å². The first kappa shape index (κ1) is 22.1. The SMILES string of the molecule is COc1ccc(/C(O)=C2/C(=O)C(=O)N(c3cc(C)ccc3C)C2c2ccccc2)c(OC)c1. The number of rotatable bonds is 5. The number of hydrogen-bond donors (Lipinski definition) is 1. The van der Waals surface area contributed by atoms with Crippen LogP contribution in [-0.2, 0) is 9.59 Å². The Morgan fingerprint density at radius 3 is 2.30 bits per heavy atom. The molecule has 3 aromatic carbocycles. The second-order valence-corrected chi connectivity index (χ2v) is 7.94. The topological polar surface area (TPSA) is 76.1 Å². The van der Waals surface area contributed by atoms with Gasteiger partial charge in [-0.2, -0.15) is 0 Å². The van der Waals surface area contributed by atoms with Crippen molar-refractivity contribution in [3.05, 3.63) is 94.6 Å². The van der Waals surface area contributed by atoms with Gasteiger partial charge in [0.15, 0.2) is 0 Å². The molecule has 0 radical (unpaired) electrons. The zero-order valence-corrected chi connectivity index (χ0v) is 19.0. The first-order valence-electron chi connectivity index (χ1n) is 10.5. The number of aliphatic hydroxyl groups is 1. The molecule has 0 spiro atoms. The van der Waals surface area contributed by atoms with Crippen LogP contribution in [0.25, 0.3) is 5.76 Å². The number of aryl methyl sites for hydroxylation is 2. The fourth-order valence-corrected chi connectivity index (χ4v) is 4.15. The molecule has 0 aromatic heterocycles. The van der Waals surface area contributed by atoms with E-state index in [0.717, 1.165) is 11.1 Å². The first-order chi connectivity index (χ1) is 15.9. The Bertz CT molecular complexity index is 1260. The molecule has 6 heteroatoms. The van der Waals surface area contributed by atoms with Crippen LogP contribution in [0.5, 0.6) is 11.5 Å². The summed E-state index contributed by atoms with van der Waals surface area (Å²) in [5.41, 5.74) is 3.47. The molecule has 4 rings (SSSR count). The number of Topliss-reactive ketones (excluding diaryl/α,β-unsaturated/α-hetero) is 1. The van der Waals surface area contributed by atoms with Crippen molar-refractivity contribution in [2.45, 2.75) is 19.9 Å². The number of nitrogens with zero attached hydrogens (tertiary/aromatic N) is 1. The fraction of sp³-hybridized carbons (Fsp3) is 0.185. The molecule has 1 atom stereocenters. The van der Waals surface area contributed by atoms with Gasteiger partial charge in [0.25, 0.3) is 11.7 Å². The summed E-state index contributed by atoms with van der Waals surface area (Å²) in [5, 5.41) is 11.4. The molecule has 0 aliphatic carbocycles. The highest BCUT2D eigenvalue weighted by molar-refractivity contribution is 6.51. The van der Waals surface area contributed by atoms with Gasteiger partial charge in [0.1, 0.15) is 17.3 Å². The summed E-state index contributed by atoms with van der Waals surface area (Å²) < 4.78 is 10.7. The molecule has 3 aromatic rings. The van der Waals surface area contributed by atoms with Crippen molar-refractivity contribution in [1.82, 2.24) is 0 Å². The summed E-state index contributed by atoms with van der Waals surface area (Å²) >= 11 is 0. The van der Waals surface area contributed by atoms with Crippen molar-refractivity contribution in [3.8, 4) is 11.5 Å². The monoisotopic (exact) mass is 443 g/mol. The van der Waals surface area contributed by atoms with Gasteiger partial charge in [0, 0.05) is 11.8 Å². The maximum atomic E-state index is 13.3. The average molecular weight is 443 g/mol. The van der Waals surface area contributed by atoms with E-state index in [0.29, 0.717) is 28.3 Å². The first-order valence-corrected chi connectivity index (χ1v) is 10.5. The third-order valence-corrected chi connectivity index (χ3v) is 5.85. The Morgan fingerprint density at radius 1 is 0.909 bits per heavy atom. The van der Waals surface area contributed by atoms with Crippen molar-refractivity contribution in [2.24, 2.45) is 0 Å². The van der Waals surface area contributed by atoms with Crippen LogP contribution >= 0.6 is 0 Å². The van der Waals surface area contributed by atoms with Crippen LogP contribution in [0.15, 0.2) is 72.3 Å². The molecule has 1 fully saturated rings. The van der Waals surface area contributed by atoms with E-state index in [-0.39, 0.29) is 11.3 Å². The zero-order valence-electron chi connectivity index (χ0n) is 19.0. The zero-order chi connectivity index (χ0) is 23.7. The Kier molecular flexibility index (Phi) is 5.92. The highest BCUT2D eigenvalue weighted by Crippen LogP contribution is 2.44. The minimum atomic E-state index is -0.793. The van der Waals surface area contributed by atoms with Crippen LogP contribution in [0.1, 0.15) is 28.3 Å². The van der Waals surface area contributed by atoms with Crippen molar-refractivity contribution in [2.75, 3.05) is 19.1 Å². The number of carbonyl (C=O) groups is 2. The Labute approximate surface area is 192 Å². The second kappa shape index (κ2) is 8.82. The third-order valence-electron chi connectivity index (χ3n) is 5.85. The van der Waals surface area contributed by atoms with Gasteiger partial charge in [0.05, 0.1) is 31.4 Å². The number of hydrogen-bond acceptors (Lipinski definition) is 5. The Hall–Kier alpha value is -4.06. The minimum absolute atomic E-state index is 0.00979. The van der Waals surface area contributed by atoms with Gasteiger partial charge in [-0.1, -0.05) is 42.5 Å². The number of aliphatic hydroxyl groups excluding tert-OH is 1. The van der Waals surface area contributed by atoms with Crippen LogP contribution < -0.4 is 14.4 Å². The number of amides is 1. The summed E-state index contributed by atoms with van der Waals surface area (Å²) in [5.74, 6) is -0.864. The number of ketones is 1. The number of methoxy groups -OCH3 is 2. The van der Waals surface area contributed by atoms with Crippen molar-refractivity contribution < 1.29 is 24.2 Å². The molecule has 33 heavy (non-hydrogen) atoms. The molecule has 1 unspecified atom stereocenters. The molecule has 1 aliphatic heterocycles. The summed E-state index contributed by atoms with van der Waals surface area (Å²) in [6.07, 6.45) is 0. The summed E-state index contributed by atoms with van der Waals surface area (Å²) in [7, 11) is 2.99. The maximum absolute atomic E-state index is 13.3. The number of carbonyl (C=O) groups excluding carboxylic acids is 2. The smallest absolute Gasteiger partial charge is 0.300 e. The number of ether oxygens (including phenoxy) is 2. The quantitative estimate of drug-likeness (QED) is 0.343. The molecular weight excluding hydrogens is 418 g/mol.